The van der Waals surface area contributed by atoms with Gasteiger partial charge in [0.15, 0.2) is 0 Å². The second-order valence-electron chi connectivity index (χ2n) is 9.61. The van der Waals surface area contributed by atoms with Crippen molar-refractivity contribution in [3.63, 3.8) is 0 Å². The molecule has 0 aromatic heterocycles. The maximum absolute atomic E-state index is 12.8. The van der Waals surface area contributed by atoms with Crippen LogP contribution < -0.4 is 10.1 Å². The molecule has 1 aliphatic carbocycles. The molecule has 1 saturated carbocycles. The largest absolute Gasteiger partial charge is 0.491 e. The van der Waals surface area contributed by atoms with E-state index >= 15 is 0 Å². The topological polar surface area (TPSA) is 73.9 Å². The number of rotatable bonds is 8. The number of esters is 1. The monoisotopic (exact) mass is 423 g/mol. The van der Waals surface area contributed by atoms with Gasteiger partial charge < -0.3 is 19.5 Å². The SMILES string of the molecule is CC(C)(C)OC(=O)N[C@@H](Cc1cc(OCCF)ccc1C1CC1)C(=O)OC(C)(C)C. The van der Waals surface area contributed by atoms with Crippen molar-refractivity contribution < 1.29 is 28.2 Å². The number of nitrogens with one attached hydrogen (secondary N) is 1. The number of halogens is 1. The van der Waals surface area contributed by atoms with Gasteiger partial charge >= 0.3 is 12.1 Å². The predicted molar refractivity (Wildman–Crippen MR) is 113 cm³/mol. The molecule has 1 amide bonds. The highest BCUT2D eigenvalue weighted by Gasteiger charge is 2.32. The highest BCUT2D eigenvalue weighted by molar-refractivity contribution is 5.82. The Balaban J connectivity index is 2.26. The molecule has 2 rings (SSSR count). The highest BCUT2D eigenvalue weighted by Crippen LogP contribution is 2.42. The fourth-order valence-electron chi connectivity index (χ4n) is 3.03. The molecule has 1 N–H and O–H groups in total. The standard InChI is InChI=1S/C23H34FNO5/c1-22(2,3)29-20(26)19(25-21(27)30-23(4,5)6)14-16-13-17(28-12-11-24)9-10-18(16)15-7-8-15/h9-10,13,15,19H,7-8,11-12,14H2,1-6H3,(H,25,27)/t19-/m0/s1. The number of benzene rings is 1. The van der Waals surface area contributed by atoms with E-state index in [4.69, 9.17) is 14.2 Å². The van der Waals surface area contributed by atoms with Crippen LogP contribution in [0.3, 0.4) is 0 Å². The van der Waals surface area contributed by atoms with Gasteiger partial charge in [0.1, 0.15) is 36.3 Å². The van der Waals surface area contributed by atoms with E-state index in [9.17, 15) is 14.0 Å². The average molecular weight is 424 g/mol. The first-order valence-corrected chi connectivity index (χ1v) is 10.4. The van der Waals surface area contributed by atoms with Crippen molar-refractivity contribution >= 4 is 12.1 Å². The van der Waals surface area contributed by atoms with Crippen LogP contribution in [0.1, 0.15) is 71.4 Å². The van der Waals surface area contributed by atoms with Crippen molar-refractivity contribution in [3.8, 4) is 5.75 Å². The van der Waals surface area contributed by atoms with E-state index in [1.54, 1.807) is 41.5 Å². The second-order valence-corrected chi connectivity index (χ2v) is 9.61. The van der Waals surface area contributed by atoms with Gasteiger partial charge in [-0.15, -0.1) is 0 Å². The molecule has 1 aliphatic rings. The Labute approximate surface area is 178 Å². The summed E-state index contributed by atoms with van der Waals surface area (Å²) in [5, 5.41) is 2.66. The van der Waals surface area contributed by atoms with Crippen molar-refractivity contribution in [2.24, 2.45) is 0 Å². The summed E-state index contributed by atoms with van der Waals surface area (Å²) in [4.78, 5) is 25.2. The van der Waals surface area contributed by atoms with Gasteiger partial charge in [-0.3, -0.25) is 0 Å². The quantitative estimate of drug-likeness (QED) is 0.614. The molecule has 1 aromatic carbocycles. The van der Waals surface area contributed by atoms with E-state index in [-0.39, 0.29) is 13.0 Å². The number of ether oxygens (including phenoxy) is 3. The number of carbonyl (C=O) groups is 2. The molecule has 0 unspecified atom stereocenters. The van der Waals surface area contributed by atoms with Gasteiger partial charge in [-0.05, 0) is 83.6 Å². The van der Waals surface area contributed by atoms with Crippen LogP contribution in [0.2, 0.25) is 0 Å². The Hall–Kier alpha value is -2.31. The zero-order valence-corrected chi connectivity index (χ0v) is 18.8. The lowest BCUT2D eigenvalue weighted by atomic mass is 9.96. The number of hydrogen-bond acceptors (Lipinski definition) is 5. The molecule has 0 radical (unpaired) electrons. The first-order valence-electron chi connectivity index (χ1n) is 10.4. The van der Waals surface area contributed by atoms with E-state index in [0.717, 1.165) is 24.0 Å². The third-order valence-electron chi connectivity index (χ3n) is 4.28. The minimum atomic E-state index is -0.923. The molecule has 0 spiro atoms. The van der Waals surface area contributed by atoms with Crippen molar-refractivity contribution in [3.05, 3.63) is 29.3 Å². The van der Waals surface area contributed by atoms with E-state index in [2.05, 4.69) is 5.32 Å². The number of amides is 1. The van der Waals surface area contributed by atoms with E-state index in [0.29, 0.717) is 11.7 Å². The molecule has 168 valence electrons. The lowest BCUT2D eigenvalue weighted by Crippen LogP contribution is -2.47. The minimum absolute atomic E-state index is 0.0339. The van der Waals surface area contributed by atoms with Crippen molar-refractivity contribution in [1.29, 1.82) is 0 Å². The Morgan fingerprint density at radius 2 is 1.73 bits per heavy atom. The number of hydrogen-bond donors (Lipinski definition) is 1. The molecule has 30 heavy (non-hydrogen) atoms. The van der Waals surface area contributed by atoms with Crippen LogP contribution in [0, 0.1) is 0 Å². The Kier molecular flexibility index (Phi) is 7.72. The van der Waals surface area contributed by atoms with Gasteiger partial charge in [0, 0.05) is 6.42 Å². The van der Waals surface area contributed by atoms with Crippen LogP contribution in [0.25, 0.3) is 0 Å². The van der Waals surface area contributed by atoms with E-state index in [1.807, 2.05) is 18.2 Å². The molecule has 0 saturated heterocycles. The summed E-state index contributed by atoms with van der Waals surface area (Å²) in [5.41, 5.74) is 0.598. The van der Waals surface area contributed by atoms with E-state index < -0.39 is 36.0 Å². The summed E-state index contributed by atoms with van der Waals surface area (Å²) in [6.45, 7) is 9.97. The zero-order valence-electron chi connectivity index (χ0n) is 18.8. The van der Waals surface area contributed by atoms with Crippen molar-refractivity contribution in [1.82, 2.24) is 5.32 Å². The van der Waals surface area contributed by atoms with Gasteiger partial charge in [-0.25, -0.2) is 14.0 Å². The van der Waals surface area contributed by atoms with Crippen molar-refractivity contribution in [2.75, 3.05) is 13.3 Å². The van der Waals surface area contributed by atoms with Gasteiger partial charge in [0.05, 0.1) is 0 Å². The lowest BCUT2D eigenvalue weighted by Gasteiger charge is -2.27. The predicted octanol–water partition coefficient (Wildman–Crippen LogP) is 4.69. The zero-order chi connectivity index (χ0) is 22.5. The molecule has 1 aromatic rings. The average Bonchev–Trinajstić information content (AvgIpc) is 3.41. The minimum Gasteiger partial charge on any atom is -0.491 e. The first-order chi connectivity index (χ1) is 13.9. The number of alkyl halides is 1. The normalized spacial score (nSPS) is 15.3. The summed E-state index contributed by atoms with van der Waals surface area (Å²) in [7, 11) is 0. The molecular weight excluding hydrogens is 389 g/mol. The maximum Gasteiger partial charge on any atom is 0.408 e. The highest BCUT2D eigenvalue weighted by atomic mass is 19.1. The van der Waals surface area contributed by atoms with Gasteiger partial charge in [-0.2, -0.15) is 0 Å². The van der Waals surface area contributed by atoms with Crippen LogP contribution in [-0.2, 0) is 20.7 Å². The Morgan fingerprint density at radius 3 is 2.27 bits per heavy atom. The molecule has 0 heterocycles. The van der Waals surface area contributed by atoms with Gasteiger partial charge in [0.25, 0.3) is 0 Å². The fourth-order valence-corrected chi connectivity index (χ4v) is 3.03. The van der Waals surface area contributed by atoms with Crippen LogP contribution in [0.4, 0.5) is 9.18 Å². The molecule has 1 atom stereocenters. The Morgan fingerprint density at radius 1 is 1.10 bits per heavy atom. The summed E-state index contributed by atoms with van der Waals surface area (Å²) in [6, 6.07) is 4.67. The van der Waals surface area contributed by atoms with E-state index in [1.165, 1.54) is 0 Å². The van der Waals surface area contributed by atoms with Crippen LogP contribution in [0.5, 0.6) is 5.75 Å². The van der Waals surface area contributed by atoms with Gasteiger partial charge in [-0.1, -0.05) is 6.07 Å². The smallest absolute Gasteiger partial charge is 0.408 e. The van der Waals surface area contributed by atoms with Gasteiger partial charge in [0.2, 0.25) is 0 Å². The maximum atomic E-state index is 12.8. The molecule has 6 nitrogen and oxygen atoms in total. The molecule has 0 aliphatic heterocycles. The third kappa shape index (κ3) is 8.20. The summed E-state index contributed by atoms with van der Waals surface area (Å²) in [5.74, 6) is 0.425. The Bertz CT molecular complexity index is 747. The lowest BCUT2D eigenvalue weighted by molar-refractivity contribution is -0.157. The van der Waals surface area contributed by atoms with Crippen molar-refractivity contribution in [2.45, 2.75) is 84.0 Å². The number of carbonyl (C=O) groups excluding carboxylic acids is 2. The molecule has 1 fully saturated rings. The summed E-state index contributed by atoms with van der Waals surface area (Å²) >= 11 is 0. The second kappa shape index (κ2) is 9.67. The van der Waals surface area contributed by atoms with Crippen LogP contribution in [-0.4, -0.2) is 42.6 Å². The van der Waals surface area contributed by atoms with Crippen LogP contribution >= 0.6 is 0 Å². The summed E-state index contributed by atoms with van der Waals surface area (Å²) < 4.78 is 28.8. The molecule has 7 heteroatoms. The third-order valence-corrected chi connectivity index (χ3v) is 4.28. The fraction of sp³-hybridized carbons (Fsp3) is 0.652. The molecule has 0 bridgehead atoms. The van der Waals surface area contributed by atoms with Crippen LogP contribution in [0.15, 0.2) is 18.2 Å². The first kappa shape index (κ1) is 24.0. The number of alkyl carbamates (subject to hydrolysis) is 1. The summed E-state index contributed by atoms with van der Waals surface area (Å²) in [6.07, 6.45) is 1.70. The molecular formula is C23H34FNO5.